The molecule has 0 atom stereocenters. The predicted molar refractivity (Wildman–Crippen MR) is 48.4 cm³/mol. The van der Waals surface area contributed by atoms with Gasteiger partial charge in [0.1, 0.15) is 11.8 Å². The number of rotatable bonds is 2. The molecule has 0 aromatic carbocycles. The number of nitrogens with one attached hydrogen (secondary N) is 1. The van der Waals surface area contributed by atoms with Crippen LogP contribution in [0.4, 0.5) is 0 Å². The molecular weight excluding hydrogens is 166 g/mol. The second-order valence-corrected chi connectivity index (χ2v) is 3.44. The van der Waals surface area contributed by atoms with Gasteiger partial charge in [0, 0.05) is 12.4 Å². The number of nitrogens with zero attached hydrogens (tertiary/aromatic N) is 2. The Bertz CT molecular complexity index is 275. The summed E-state index contributed by atoms with van der Waals surface area (Å²) in [6.07, 6.45) is 8.06. The molecule has 1 fully saturated rings. The molecule has 0 aliphatic carbocycles. The molecule has 1 aromatic heterocycles. The molecule has 13 heavy (non-hydrogen) atoms. The Balaban J connectivity index is 2.28. The summed E-state index contributed by atoms with van der Waals surface area (Å²) in [5, 5.41) is 3.24. The molecular formula is C9H13N3O. The van der Waals surface area contributed by atoms with Crippen molar-refractivity contribution in [3.05, 3.63) is 18.7 Å². The lowest BCUT2D eigenvalue weighted by Crippen LogP contribution is -2.44. The fourth-order valence-corrected chi connectivity index (χ4v) is 1.82. The van der Waals surface area contributed by atoms with Gasteiger partial charge in [-0.2, -0.15) is 0 Å². The van der Waals surface area contributed by atoms with E-state index in [0.717, 1.165) is 32.2 Å². The first-order valence-corrected chi connectivity index (χ1v) is 4.53. The fraction of sp³-hybridized carbons (Fsp3) is 0.556. The zero-order valence-corrected chi connectivity index (χ0v) is 7.44. The molecule has 0 unspecified atom stereocenters. The second kappa shape index (κ2) is 3.30. The first kappa shape index (κ1) is 8.44. The Morgan fingerprint density at radius 2 is 2.23 bits per heavy atom. The van der Waals surface area contributed by atoms with Crippen LogP contribution in [-0.2, 0) is 10.3 Å². The molecule has 2 rings (SSSR count). The van der Waals surface area contributed by atoms with Crippen molar-refractivity contribution in [3.8, 4) is 0 Å². The summed E-state index contributed by atoms with van der Waals surface area (Å²) in [6.45, 7) is 1.80. The standard InChI is InChI=1S/C9H13N3O/c13-7-9(1-3-10-4-2-9)12-6-5-11-8-12/h5-8,10H,1-4H2. The van der Waals surface area contributed by atoms with E-state index in [1.165, 1.54) is 0 Å². The molecule has 1 aromatic rings. The lowest BCUT2D eigenvalue weighted by molar-refractivity contribution is -0.116. The SMILES string of the molecule is O=CC1(n2ccnc2)CCNCC1. The summed E-state index contributed by atoms with van der Waals surface area (Å²) in [5.41, 5.74) is -0.345. The summed E-state index contributed by atoms with van der Waals surface area (Å²) in [6, 6.07) is 0. The highest BCUT2D eigenvalue weighted by Crippen LogP contribution is 2.24. The van der Waals surface area contributed by atoms with Crippen molar-refractivity contribution < 1.29 is 4.79 Å². The fourth-order valence-electron chi connectivity index (χ4n) is 1.82. The molecule has 1 aliphatic rings. The van der Waals surface area contributed by atoms with E-state index < -0.39 is 0 Å². The van der Waals surface area contributed by atoms with Gasteiger partial charge in [0.25, 0.3) is 0 Å². The number of aromatic nitrogens is 2. The number of piperidine rings is 1. The van der Waals surface area contributed by atoms with Crippen molar-refractivity contribution in [2.45, 2.75) is 18.4 Å². The molecule has 1 aliphatic heterocycles. The van der Waals surface area contributed by atoms with Crippen LogP contribution in [0.25, 0.3) is 0 Å². The van der Waals surface area contributed by atoms with Crippen LogP contribution < -0.4 is 5.32 Å². The van der Waals surface area contributed by atoms with Crippen LogP contribution in [0.3, 0.4) is 0 Å². The molecule has 70 valence electrons. The van der Waals surface area contributed by atoms with Crippen LogP contribution in [0, 0.1) is 0 Å². The lowest BCUT2D eigenvalue weighted by atomic mass is 9.90. The average Bonchev–Trinajstić information content (AvgIpc) is 2.72. The molecule has 0 spiro atoms. The van der Waals surface area contributed by atoms with Crippen LogP contribution in [0.5, 0.6) is 0 Å². The average molecular weight is 179 g/mol. The zero-order chi connectivity index (χ0) is 9.15. The van der Waals surface area contributed by atoms with Crippen LogP contribution in [-0.4, -0.2) is 28.9 Å². The van der Waals surface area contributed by atoms with E-state index in [1.54, 1.807) is 12.5 Å². The molecule has 0 radical (unpaired) electrons. The van der Waals surface area contributed by atoms with Crippen LogP contribution in [0.1, 0.15) is 12.8 Å². The number of aldehydes is 1. The smallest absolute Gasteiger partial charge is 0.146 e. The lowest BCUT2D eigenvalue weighted by Gasteiger charge is -2.33. The molecule has 0 amide bonds. The van der Waals surface area contributed by atoms with Crippen molar-refractivity contribution in [1.29, 1.82) is 0 Å². The van der Waals surface area contributed by atoms with Gasteiger partial charge in [-0.1, -0.05) is 0 Å². The number of carbonyl (C=O) groups excluding carboxylic acids is 1. The van der Waals surface area contributed by atoms with Gasteiger partial charge in [-0.05, 0) is 25.9 Å². The Morgan fingerprint density at radius 1 is 1.46 bits per heavy atom. The van der Waals surface area contributed by atoms with Crippen molar-refractivity contribution in [3.63, 3.8) is 0 Å². The van der Waals surface area contributed by atoms with Crippen molar-refractivity contribution in [2.75, 3.05) is 13.1 Å². The maximum atomic E-state index is 11.1. The highest BCUT2D eigenvalue weighted by Gasteiger charge is 2.32. The van der Waals surface area contributed by atoms with Crippen LogP contribution in [0.15, 0.2) is 18.7 Å². The number of carbonyl (C=O) groups is 1. The topological polar surface area (TPSA) is 46.9 Å². The minimum atomic E-state index is -0.345. The third-order valence-corrected chi connectivity index (χ3v) is 2.71. The van der Waals surface area contributed by atoms with Gasteiger partial charge < -0.3 is 14.7 Å². The van der Waals surface area contributed by atoms with Gasteiger partial charge in [0.05, 0.1) is 6.33 Å². The predicted octanol–water partition coefficient (Wildman–Crippen LogP) is 0.161. The van der Waals surface area contributed by atoms with Crippen molar-refractivity contribution in [1.82, 2.24) is 14.9 Å². The van der Waals surface area contributed by atoms with E-state index in [9.17, 15) is 4.79 Å². The summed E-state index contributed by atoms with van der Waals surface area (Å²) < 4.78 is 1.92. The summed E-state index contributed by atoms with van der Waals surface area (Å²) >= 11 is 0. The molecule has 1 N–H and O–H groups in total. The number of hydrogen-bond donors (Lipinski definition) is 1. The van der Waals surface area contributed by atoms with Crippen LogP contribution >= 0.6 is 0 Å². The largest absolute Gasteiger partial charge is 0.324 e. The Hall–Kier alpha value is -1.16. The Kier molecular flexibility index (Phi) is 2.14. The molecule has 4 heteroatoms. The van der Waals surface area contributed by atoms with Crippen molar-refractivity contribution >= 4 is 6.29 Å². The van der Waals surface area contributed by atoms with Gasteiger partial charge >= 0.3 is 0 Å². The molecule has 4 nitrogen and oxygen atoms in total. The minimum absolute atomic E-state index is 0.345. The highest BCUT2D eigenvalue weighted by atomic mass is 16.1. The molecule has 2 heterocycles. The summed E-state index contributed by atoms with van der Waals surface area (Å²) in [4.78, 5) is 15.1. The highest BCUT2D eigenvalue weighted by molar-refractivity contribution is 5.62. The van der Waals surface area contributed by atoms with Gasteiger partial charge in [-0.25, -0.2) is 4.98 Å². The molecule has 0 saturated carbocycles. The van der Waals surface area contributed by atoms with E-state index in [1.807, 2.05) is 10.8 Å². The maximum Gasteiger partial charge on any atom is 0.146 e. The third kappa shape index (κ3) is 1.37. The van der Waals surface area contributed by atoms with Gasteiger partial charge in [0.2, 0.25) is 0 Å². The van der Waals surface area contributed by atoms with E-state index in [-0.39, 0.29) is 5.54 Å². The summed E-state index contributed by atoms with van der Waals surface area (Å²) in [5.74, 6) is 0. The van der Waals surface area contributed by atoms with Gasteiger partial charge in [0.15, 0.2) is 0 Å². The van der Waals surface area contributed by atoms with E-state index in [4.69, 9.17) is 0 Å². The van der Waals surface area contributed by atoms with Crippen LogP contribution in [0.2, 0.25) is 0 Å². The second-order valence-electron chi connectivity index (χ2n) is 3.44. The quantitative estimate of drug-likeness (QED) is 0.658. The monoisotopic (exact) mass is 179 g/mol. The normalized spacial score (nSPS) is 21.2. The Labute approximate surface area is 77.0 Å². The summed E-state index contributed by atoms with van der Waals surface area (Å²) in [7, 11) is 0. The number of imidazole rings is 1. The van der Waals surface area contributed by atoms with Crippen molar-refractivity contribution in [2.24, 2.45) is 0 Å². The first-order valence-electron chi connectivity index (χ1n) is 4.53. The van der Waals surface area contributed by atoms with E-state index in [2.05, 4.69) is 10.3 Å². The zero-order valence-electron chi connectivity index (χ0n) is 7.44. The van der Waals surface area contributed by atoms with Gasteiger partial charge in [-0.3, -0.25) is 0 Å². The van der Waals surface area contributed by atoms with Gasteiger partial charge in [-0.15, -0.1) is 0 Å². The minimum Gasteiger partial charge on any atom is -0.324 e. The molecule has 0 bridgehead atoms. The van der Waals surface area contributed by atoms with E-state index in [0.29, 0.717) is 0 Å². The molecule has 1 saturated heterocycles. The number of hydrogen-bond acceptors (Lipinski definition) is 3. The van der Waals surface area contributed by atoms with E-state index >= 15 is 0 Å². The first-order chi connectivity index (χ1) is 6.37. The Morgan fingerprint density at radius 3 is 2.77 bits per heavy atom. The maximum absolute atomic E-state index is 11.1. The third-order valence-electron chi connectivity index (χ3n) is 2.71.